The number of hydroxylamine groups is 1. The summed E-state index contributed by atoms with van der Waals surface area (Å²) >= 11 is 0. The molecule has 1 heterocycles. The molecule has 0 bridgehead atoms. The number of nitrogens with one attached hydrogen (secondary N) is 1. The molecule has 0 spiro atoms. The van der Waals surface area contributed by atoms with Gasteiger partial charge in [0.1, 0.15) is 17.9 Å². The maximum atomic E-state index is 12.0. The normalized spacial score (nSPS) is 11.2. The standard InChI is InChI=1S/C18H17N3O6S/c1-26-12-8-6-11(7-9-12)17-18(27-16(20-17)10-15(22)21-23)13-4-2-3-5-14(13)28(19,24)25/h2-9,23H,10H2,1H3,(H,21,22)(H2,19,24,25). The van der Waals surface area contributed by atoms with Gasteiger partial charge in [-0.25, -0.2) is 24.0 Å². The van der Waals surface area contributed by atoms with Crippen molar-refractivity contribution in [3.8, 4) is 28.3 Å². The highest BCUT2D eigenvalue weighted by atomic mass is 32.2. The highest BCUT2D eigenvalue weighted by Crippen LogP contribution is 2.36. The third-order valence-electron chi connectivity index (χ3n) is 3.91. The molecule has 1 amide bonds. The van der Waals surface area contributed by atoms with E-state index in [9.17, 15) is 13.2 Å². The SMILES string of the molecule is COc1ccc(-c2nc(CC(=O)NO)oc2-c2ccccc2S(N)(=O)=O)cc1. The van der Waals surface area contributed by atoms with E-state index in [1.54, 1.807) is 30.3 Å². The smallest absolute Gasteiger partial charge is 0.252 e. The first-order chi connectivity index (χ1) is 13.3. The summed E-state index contributed by atoms with van der Waals surface area (Å²) in [6.45, 7) is 0. The average molecular weight is 403 g/mol. The van der Waals surface area contributed by atoms with Crippen molar-refractivity contribution in [1.29, 1.82) is 0 Å². The first-order valence-corrected chi connectivity index (χ1v) is 9.57. The van der Waals surface area contributed by atoms with Crippen LogP contribution >= 0.6 is 0 Å². The minimum atomic E-state index is -4.04. The summed E-state index contributed by atoms with van der Waals surface area (Å²) in [6, 6.07) is 12.9. The molecule has 146 valence electrons. The van der Waals surface area contributed by atoms with Gasteiger partial charge in [0, 0.05) is 11.1 Å². The Hall–Kier alpha value is -3.21. The molecule has 0 unspecified atom stereocenters. The van der Waals surface area contributed by atoms with E-state index in [2.05, 4.69) is 4.98 Å². The van der Waals surface area contributed by atoms with Crippen LogP contribution in [0.15, 0.2) is 57.8 Å². The highest BCUT2D eigenvalue weighted by Gasteiger charge is 2.24. The first kappa shape index (κ1) is 19.5. The van der Waals surface area contributed by atoms with Crippen molar-refractivity contribution in [2.24, 2.45) is 5.14 Å². The van der Waals surface area contributed by atoms with Crippen LogP contribution in [0.25, 0.3) is 22.6 Å². The van der Waals surface area contributed by atoms with Gasteiger partial charge in [0.15, 0.2) is 5.76 Å². The molecule has 3 aromatic rings. The number of primary sulfonamides is 1. The predicted octanol–water partition coefficient (Wildman–Crippen LogP) is 1.71. The average Bonchev–Trinajstić information content (AvgIpc) is 3.10. The van der Waals surface area contributed by atoms with E-state index in [0.29, 0.717) is 17.0 Å². The molecular formula is C18H17N3O6S. The van der Waals surface area contributed by atoms with Crippen LogP contribution in [0.4, 0.5) is 0 Å². The lowest BCUT2D eigenvalue weighted by Gasteiger charge is -2.07. The zero-order chi connectivity index (χ0) is 20.3. The second kappa shape index (κ2) is 7.80. The molecule has 10 heteroatoms. The molecule has 0 aliphatic heterocycles. The Bertz CT molecular complexity index is 1110. The maximum Gasteiger partial charge on any atom is 0.252 e. The monoisotopic (exact) mass is 403 g/mol. The molecule has 0 fully saturated rings. The maximum absolute atomic E-state index is 12.0. The molecule has 0 aliphatic rings. The summed E-state index contributed by atoms with van der Waals surface area (Å²) in [7, 11) is -2.50. The summed E-state index contributed by atoms with van der Waals surface area (Å²) in [6.07, 6.45) is -0.336. The Morgan fingerprint density at radius 1 is 1.21 bits per heavy atom. The van der Waals surface area contributed by atoms with Crippen LogP contribution < -0.4 is 15.4 Å². The molecule has 0 aliphatic carbocycles. The first-order valence-electron chi connectivity index (χ1n) is 8.02. The fraction of sp³-hybridized carbons (Fsp3) is 0.111. The van der Waals surface area contributed by atoms with Crippen LogP contribution in [0.1, 0.15) is 5.89 Å². The Labute approximate surface area is 160 Å². The Morgan fingerprint density at radius 3 is 2.50 bits per heavy atom. The Kier molecular flexibility index (Phi) is 5.45. The van der Waals surface area contributed by atoms with Crippen LogP contribution in [-0.2, 0) is 21.2 Å². The number of methoxy groups -OCH3 is 1. The summed E-state index contributed by atoms with van der Waals surface area (Å²) in [5.41, 5.74) is 2.64. The van der Waals surface area contributed by atoms with Crippen molar-refractivity contribution in [2.75, 3.05) is 7.11 Å². The fourth-order valence-corrected chi connectivity index (χ4v) is 3.38. The minimum Gasteiger partial charge on any atom is -0.497 e. The lowest BCUT2D eigenvalue weighted by molar-refractivity contribution is -0.128. The van der Waals surface area contributed by atoms with Crippen LogP contribution in [0.3, 0.4) is 0 Å². The van der Waals surface area contributed by atoms with Crippen molar-refractivity contribution in [3.05, 3.63) is 54.4 Å². The van der Waals surface area contributed by atoms with Gasteiger partial charge < -0.3 is 9.15 Å². The minimum absolute atomic E-state index is 0.00316. The van der Waals surface area contributed by atoms with Gasteiger partial charge >= 0.3 is 0 Å². The molecule has 0 saturated carbocycles. The zero-order valence-corrected chi connectivity index (χ0v) is 15.6. The van der Waals surface area contributed by atoms with Crippen LogP contribution in [-0.4, -0.2) is 31.6 Å². The Balaban J connectivity index is 2.21. The number of rotatable bonds is 6. The molecule has 4 N–H and O–H groups in total. The van der Waals surface area contributed by atoms with E-state index in [1.807, 2.05) is 0 Å². The molecular weight excluding hydrogens is 386 g/mol. The lowest BCUT2D eigenvalue weighted by atomic mass is 10.1. The number of hydrogen-bond donors (Lipinski definition) is 3. The number of nitrogens with two attached hydrogens (primary N) is 1. The molecule has 0 atom stereocenters. The predicted molar refractivity (Wildman–Crippen MR) is 98.9 cm³/mol. The number of carbonyl (C=O) groups is 1. The third kappa shape index (κ3) is 4.03. The number of amides is 1. The number of ether oxygens (including phenoxy) is 1. The van der Waals surface area contributed by atoms with E-state index >= 15 is 0 Å². The van der Waals surface area contributed by atoms with Crippen molar-refractivity contribution >= 4 is 15.9 Å². The van der Waals surface area contributed by atoms with Gasteiger partial charge in [-0.2, -0.15) is 0 Å². The molecule has 1 aromatic heterocycles. The molecule has 0 saturated heterocycles. The summed E-state index contributed by atoms with van der Waals surface area (Å²) in [5.74, 6) is 0.0274. The summed E-state index contributed by atoms with van der Waals surface area (Å²) in [4.78, 5) is 15.7. The number of hydrogen-bond acceptors (Lipinski definition) is 7. The third-order valence-corrected chi connectivity index (χ3v) is 4.88. The largest absolute Gasteiger partial charge is 0.497 e. The molecule has 9 nitrogen and oxygen atoms in total. The van der Waals surface area contributed by atoms with E-state index < -0.39 is 15.9 Å². The lowest BCUT2D eigenvalue weighted by Crippen LogP contribution is -2.20. The van der Waals surface area contributed by atoms with Crippen LogP contribution in [0.2, 0.25) is 0 Å². The van der Waals surface area contributed by atoms with Gasteiger partial charge in [-0.1, -0.05) is 12.1 Å². The number of sulfonamides is 1. The van der Waals surface area contributed by atoms with Crippen molar-refractivity contribution < 1.29 is 27.6 Å². The van der Waals surface area contributed by atoms with Gasteiger partial charge in [0.25, 0.3) is 5.91 Å². The van der Waals surface area contributed by atoms with Gasteiger partial charge in [0.2, 0.25) is 15.9 Å². The second-order valence-corrected chi connectivity index (χ2v) is 7.30. The van der Waals surface area contributed by atoms with Crippen molar-refractivity contribution in [3.63, 3.8) is 0 Å². The van der Waals surface area contributed by atoms with E-state index in [4.69, 9.17) is 19.5 Å². The zero-order valence-electron chi connectivity index (χ0n) is 14.7. The number of nitrogens with zero attached hydrogens (tertiary/aromatic N) is 1. The topological polar surface area (TPSA) is 145 Å². The summed E-state index contributed by atoms with van der Waals surface area (Å²) < 4.78 is 34.8. The highest BCUT2D eigenvalue weighted by molar-refractivity contribution is 7.89. The summed E-state index contributed by atoms with van der Waals surface area (Å²) in [5, 5.41) is 14.1. The van der Waals surface area contributed by atoms with E-state index in [1.165, 1.54) is 30.8 Å². The van der Waals surface area contributed by atoms with Crippen molar-refractivity contribution in [2.45, 2.75) is 11.3 Å². The number of carbonyl (C=O) groups excluding carboxylic acids is 1. The molecule has 2 aromatic carbocycles. The number of benzene rings is 2. The van der Waals surface area contributed by atoms with Gasteiger partial charge in [-0.3, -0.25) is 10.0 Å². The van der Waals surface area contributed by atoms with Gasteiger partial charge in [-0.15, -0.1) is 0 Å². The van der Waals surface area contributed by atoms with E-state index in [0.717, 1.165) is 0 Å². The molecule has 3 rings (SSSR count). The fourth-order valence-electron chi connectivity index (χ4n) is 2.65. The second-order valence-electron chi connectivity index (χ2n) is 5.77. The van der Waals surface area contributed by atoms with Crippen LogP contribution in [0.5, 0.6) is 5.75 Å². The Morgan fingerprint density at radius 2 is 1.89 bits per heavy atom. The quantitative estimate of drug-likeness (QED) is 0.420. The van der Waals surface area contributed by atoms with Gasteiger partial charge in [0.05, 0.1) is 12.0 Å². The van der Waals surface area contributed by atoms with Crippen LogP contribution in [0, 0.1) is 0 Å². The van der Waals surface area contributed by atoms with Crippen molar-refractivity contribution in [1.82, 2.24) is 10.5 Å². The van der Waals surface area contributed by atoms with E-state index in [-0.39, 0.29) is 28.5 Å². The molecule has 0 radical (unpaired) electrons. The number of aromatic nitrogens is 1. The number of oxazole rings is 1. The van der Waals surface area contributed by atoms with Gasteiger partial charge in [-0.05, 0) is 36.4 Å². The molecule has 28 heavy (non-hydrogen) atoms.